The molecule has 1 aromatic carbocycles. The van der Waals surface area contributed by atoms with Gasteiger partial charge in [-0.2, -0.15) is 4.98 Å². The molecule has 0 unspecified atom stereocenters. The van der Waals surface area contributed by atoms with Crippen molar-refractivity contribution in [2.75, 3.05) is 36.5 Å². The molecule has 0 bridgehead atoms. The van der Waals surface area contributed by atoms with Crippen LogP contribution < -0.4 is 10.2 Å². The molecule has 0 spiro atoms. The molecule has 7 nitrogen and oxygen atoms in total. The standard InChI is InChI=1S/C19H18ClFN4O3/c1-10-15(18(26)24-14-4-3-12(21)9-13(14)20)16-17(25-5-7-27-8-6-25)22-11(2)23-19(16)28-10/h3-4,9H,5-8H2,1-2H3,(H,24,26). The van der Waals surface area contributed by atoms with E-state index in [1.54, 1.807) is 13.8 Å². The van der Waals surface area contributed by atoms with Gasteiger partial charge in [0.15, 0.2) is 0 Å². The number of hydrogen-bond acceptors (Lipinski definition) is 6. The Hall–Kier alpha value is -2.71. The number of aryl methyl sites for hydroxylation is 2. The fourth-order valence-electron chi connectivity index (χ4n) is 3.25. The minimum Gasteiger partial charge on any atom is -0.442 e. The summed E-state index contributed by atoms with van der Waals surface area (Å²) < 4.78 is 24.5. The molecule has 2 aromatic heterocycles. The number of rotatable bonds is 3. The number of hydrogen-bond donors (Lipinski definition) is 1. The van der Waals surface area contributed by atoms with Crippen LogP contribution in [0.4, 0.5) is 15.9 Å². The van der Waals surface area contributed by atoms with Gasteiger partial charge in [-0.15, -0.1) is 0 Å². The van der Waals surface area contributed by atoms with Crippen molar-refractivity contribution in [2.45, 2.75) is 13.8 Å². The number of nitrogens with one attached hydrogen (secondary N) is 1. The van der Waals surface area contributed by atoms with Crippen molar-refractivity contribution >= 4 is 40.1 Å². The zero-order valence-corrected chi connectivity index (χ0v) is 16.1. The van der Waals surface area contributed by atoms with E-state index in [-0.39, 0.29) is 5.02 Å². The number of carbonyl (C=O) groups is 1. The SMILES string of the molecule is Cc1nc(N2CCOCC2)c2c(C(=O)Nc3ccc(F)cc3Cl)c(C)oc2n1. The van der Waals surface area contributed by atoms with Gasteiger partial charge in [0.2, 0.25) is 5.71 Å². The number of aromatic nitrogens is 2. The Morgan fingerprint density at radius 2 is 2.00 bits per heavy atom. The molecule has 28 heavy (non-hydrogen) atoms. The summed E-state index contributed by atoms with van der Waals surface area (Å²) in [6.45, 7) is 5.93. The van der Waals surface area contributed by atoms with Crippen molar-refractivity contribution in [1.29, 1.82) is 0 Å². The van der Waals surface area contributed by atoms with Gasteiger partial charge in [0.25, 0.3) is 5.91 Å². The quantitative estimate of drug-likeness (QED) is 0.716. The summed E-state index contributed by atoms with van der Waals surface area (Å²) in [5.74, 6) is 0.701. The molecule has 4 rings (SSSR count). The largest absolute Gasteiger partial charge is 0.442 e. The maximum atomic E-state index is 13.3. The van der Waals surface area contributed by atoms with Crippen molar-refractivity contribution in [1.82, 2.24) is 9.97 Å². The Kier molecular flexibility index (Phi) is 4.91. The fourth-order valence-corrected chi connectivity index (χ4v) is 3.46. The van der Waals surface area contributed by atoms with Crippen LogP contribution in [0.3, 0.4) is 0 Å². The van der Waals surface area contributed by atoms with Gasteiger partial charge in [0, 0.05) is 13.1 Å². The lowest BCUT2D eigenvalue weighted by Crippen LogP contribution is -2.37. The number of ether oxygens (including phenoxy) is 1. The maximum Gasteiger partial charge on any atom is 0.260 e. The molecule has 1 aliphatic rings. The number of morpholine rings is 1. The lowest BCUT2D eigenvalue weighted by molar-refractivity contribution is 0.102. The van der Waals surface area contributed by atoms with Gasteiger partial charge in [-0.05, 0) is 32.0 Å². The molecule has 1 saturated heterocycles. The van der Waals surface area contributed by atoms with Gasteiger partial charge in [-0.25, -0.2) is 9.37 Å². The van der Waals surface area contributed by atoms with Crippen molar-refractivity contribution in [3.63, 3.8) is 0 Å². The minimum atomic E-state index is -0.480. The third kappa shape index (κ3) is 3.41. The Bertz CT molecular complexity index is 1060. The molecule has 0 aliphatic carbocycles. The number of furan rings is 1. The highest BCUT2D eigenvalue weighted by molar-refractivity contribution is 6.34. The second-order valence-corrected chi connectivity index (χ2v) is 6.89. The predicted molar refractivity (Wildman–Crippen MR) is 104 cm³/mol. The van der Waals surface area contributed by atoms with Crippen LogP contribution in [0.5, 0.6) is 0 Å². The fraction of sp³-hybridized carbons (Fsp3) is 0.316. The van der Waals surface area contributed by atoms with Crippen molar-refractivity contribution < 1.29 is 18.3 Å². The van der Waals surface area contributed by atoms with Gasteiger partial charge in [0.1, 0.15) is 23.2 Å². The minimum absolute atomic E-state index is 0.110. The predicted octanol–water partition coefficient (Wildman–Crippen LogP) is 3.72. The highest BCUT2D eigenvalue weighted by Gasteiger charge is 2.27. The Balaban J connectivity index is 1.79. The van der Waals surface area contributed by atoms with Gasteiger partial charge >= 0.3 is 0 Å². The molecule has 9 heteroatoms. The Labute approximate surface area is 165 Å². The summed E-state index contributed by atoms with van der Waals surface area (Å²) >= 11 is 6.04. The van der Waals surface area contributed by atoms with Crippen LogP contribution in [-0.2, 0) is 4.74 Å². The van der Waals surface area contributed by atoms with Crippen molar-refractivity contribution in [3.8, 4) is 0 Å². The number of nitrogens with zero attached hydrogens (tertiary/aromatic N) is 3. The zero-order chi connectivity index (χ0) is 19.8. The third-order valence-electron chi connectivity index (χ3n) is 4.54. The summed E-state index contributed by atoms with van der Waals surface area (Å²) in [4.78, 5) is 24.0. The monoisotopic (exact) mass is 404 g/mol. The molecule has 0 radical (unpaired) electrons. The Morgan fingerprint density at radius 3 is 2.71 bits per heavy atom. The topological polar surface area (TPSA) is 80.5 Å². The third-order valence-corrected chi connectivity index (χ3v) is 4.85. The number of fused-ring (bicyclic) bond motifs is 1. The average molecular weight is 405 g/mol. The molecule has 0 atom stereocenters. The van der Waals surface area contributed by atoms with E-state index in [1.165, 1.54) is 12.1 Å². The van der Waals surface area contributed by atoms with E-state index < -0.39 is 11.7 Å². The van der Waals surface area contributed by atoms with Gasteiger partial charge in [0.05, 0.1) is 34.9 Å². The summed E-state index contributed by atoms with van der Waals surface area (Å²) in [5.41, 5.74) is 0.987. The molecule has 1 aliphatic heterocycles. The van der Waals surface area contributed by atoms with Crippen LogP contribution in [0.1, 0.15) is 21.9 Å². The molecule has 3 heterocycles. The molecule has 1 amide bonds. The molecule has 0 saturated carbocycles. The van der Waals surface area contributed by atoms with Crippen LogP contribution >= 0.6 is 11.6 Å². The van der Waals surface area contributed by atoms with Crippen molar-refractivity contribution in [3.05, 3.63) is 46.2 Å². The van der Waals surface area contributed by atoms with E-state index in [4.69, 9.17) is 20.8 Å². The summed E-state index contributed by atoms with van der Waals surface area (Å²) in [6.07, 6.45) is 0. The number of halogens is 2. The van der Waals surface area contributed by atoms with Gasteiger partial charge < -0.3 is 19.4 Å². The van der Waals surface area contributed by atoms with Gasteiger partial charge in [-0.1, -0.05) is 11.6 Å². The molecular formula is C19H18ClFN4O3. The van der Waals surface area contributed by atoms with E-state index in [0.717, 1.165) is 6.07 Å². The molecular weight excluding hydrogens is 387 g/mol. The summed E-state index contributed by atoms with van der Waals surface area (Å²) in [5, 5.41) is 3.37. The van der Waals surface area contributed by atoms with Gasteiger partial charge in [-0.3, -0.25) is 4.79 Å². The summed E-state index contributed by atoms with van der Waals surface area (Å²) in [6, 6.07) is 3.79. The van der Waals surface area contributed by atoms with Crippen molar-refractivity contribution in [2.24, 2.45) is 0 Å². The normalized spacial score (nSPS) is 14.5. The number of anilines is 2. The molecule has 1 fully saturated rings. The lowest BCUT2D eigenvalue weighted by Gasteiger charge is -2.28. The van der Waals surface area contributed by atoms with E-state index in [1.807, 2.05) is 0 Å². The maximum absolute atomic E-state index is 13.3. The first kappa shape index (κ1) is 18.6. The zero-order valence-electron chi connectivity index (χ0n) is 15.4. The molecule has 146 valence electrons. The first-order chi connectivity index (χ1) is 13.4. The van der Waals surface area contributed by atoms with E-state index >= 15 is 0 Å². The van der Waals surface area contributed by atoms with E-state index in [2.05, 4.69) is 20.2 Å². The van der Waals surface area contributed by atoms with Crippen LogP contribution in [0.15, 0.2) is 22.6 Å². The Morgan fingerprint density at radius 1 is 1.25 bits per heavy atom. The smallest absolute Gasteiger partial charge is 0.260 e. The summed E-state index contributed by atoms with van der Waals surface area (Å²) in [7, 11) is 0. The number of carbonyl (C=O) groups excluding carboxylic acids is 1. The highest BCUT2D eigenvalue weighted by atomic mass is 35.5. The first-order valence-corrected chi connectivity index (χ1v) is 9.18. The second-order valence-electron chi connectivity index (χ2n) is 6.49. The second kappa shape index (κ2) is 7.37. The highest BCUT2D eigenvalue weighted by Crippen LogP contribution is 2.33. The van der Waals surface area contributed by atoms with Crippen LogP contribution in [0.25, 0.3) is 11.1 Å². The van der Waals surface area contributed by atoms with Crippen LogP contribution in [-0.4, -0.2) is 42.2 Å². The van der Waals surface area contributed by atoms with E-state index in [9.17, 15) is 9.18 Å². The number of benzene rings is 1. The van der Waals surface area contributed by atoms with E-state index in [0.29, 0.717) is 66.1 Å². The van der Waals surface area contributed by atoms with Crippen LogP contribution in [0.2, 0.25) is 5.02 Å². The van der Waals surface area contributed by atoms with Crippen LogP contribution in [0, 0.1) is 19.7 Å². The number of amides is 1. The lowest BCUT2D eigenvalue weighted by atomic mass is 10.1. The first-order valence-electron chi connectivity index (χ1n) is 8.81. The molecule has 3 aromatic rings. The average Bonchev–Trinajstić information content (AvgIpc) is 2.99. The molecule has 1 N–H and O–H groups in total.